The van der Waals surface area contributed by atoms with Gasteiger partial charge in [0, 0.05) is 21.5 Å². The molecule has 0 amide bonds. The summed E-state index contributed by atoms with van der Waals surface area (Å²) < 4.78 is 0. The van der Waals surface area contributed by atoms with Crippen molar-refractivity contribution >= 4 is 38.2 Å². The Kier molecular flexibility index (Phi) is 3.90. The highest BCUT2D eigenvalue weighted by atomic mass is 79.9. The Labute approximate surface area is 162 Å². The molecule has 128 valence electrons. The van der Waals surface area contributed by atoms with Crippen molar-refractivity contribution in [3.05, 3.63) is 90.2 Å². The van der Waals surface area contributed by atoms with Gasteiger partial charge >= 0.3 is 0 Å². The van der Waals surface area contributed by atoms with E-state index in [0.29, 0.717) is 4.83 Å². The third-order valence-electron chi connectivity index (χ3n) is 5.17. The number of amidine groups is 1. The van der Waals surface area contributed by atoms with Crippen molar-refractivity contribution in [3.63, 3.8) is 0 Å². The predicted octanol–water partition coefficient (Wildman–Crippen LogP) is 5.92. The minimum atomic E-state index is 0.213. The summed E-state index contributed by atoms with van der Waals surface area (Å²) in [5, 5.41) is 2.52. The number of hydrogen-bond acceptors (Lipinski definition) is 2. The summed E-state index contributed by atoms with van der Waals surface area (Å²) in [5.41, 5.74) is 3.69. The second-order valence-corrected chi connectivity index (χ2v) is 8.00. The maximum atomic E-state index is 5.11. The normalized spacial score (nSPS) is 24.3. The molecule has 5 rings (SSSR count). The molecule has 0 bridgehead atoms. The molecule has 2 atom stereocenters. The van der Waals surface area contributed by atoms with Crippen molar-refractivity contribution in [1.29, 1.82) is 0 Å². The van der Waals surface area contributed by atoms with Crippen molar-refractivity contribution < 1.29 is 0 Å². The lowest BCUT2D eigenvalue weighted by Gasteiger charge is -2.27. The van der Waals surface area contributed by atoms with E-state index >= 15 is 0 Å². The lowest BCUT2D eigenvalue weighted by Crippen LogP contribution is -2.29. The molecular formula is C23H19BrN2. The van der Waals surface area contributed by atoms with Gasteiger partial charge in [-0.05, 0) is 30.4 Å². The van der Waals surface area contributed by atoms with Crippen LogP contribution in [0.5, 0.6) is 0 Å². The number of alkyl halides is 1. The number of hydrogen-bond donors (Lipinski definition) is 0. The van der Waals surface area contributed by atoms with Gasteiger partial charge in [-0.1, -0.05) is 82.7 Å². The van der Waals surface area contributed by atoms with E-state index in [2.05, 4.69) is 99.8 Å². The summed E-state index contributed by atoms with van der Waals surface area (Å²) in [7, 11) is 0. The predicted molar refractivity (Wildman–Crippen MR) is 114 cm³/mol. The van der Waals surface area contributed by atoms with E-state index in [4.69, 9.17) is 4.99 Å². The molecule has 0 spiro atoms. The first-order chi connectivity index (χ1) is 12.8. The van der Waals surface area contributed by atoms with Crippen molar-refractivity contribution in [3.8, 4) is 0 Å². The van der Waals surface area contributed by atoms with Crippen LogP contribution in [0.2, 0.25) is 0 Å². The van der Waals surface area contributed by atoms with Gasteiger partial charge in [0.2, 0.25) is 0 Å². The molecular weight excluding hydrogens is 384 g/mol. The van der Waals surface area contributed by atoms with Gasteiger partial charge in [-0.25, -0.2) is 0 Å². The van der Waals surface area contributed by atoms with Gasteiger partial charge in [0.05, 0.1) is 11.7 Å². The Hall–Kier alpha value is -2.39. The Morgan fingerprint density at radius 2 is 1.92 bits per heavy atom. The molecule has 2 nitrogen and oxygen atoms in total. The molecule has 0 saturated heterocycles. The van der Waals surface area contributed by atoms with E-state index in [9.17, 15) is 0 Å². The van der Waals surface area contributed by atoms with Gasteiger partial charge in [-0.3, -0.25) is 9.89 Å². The summed E-state index contributed by atoms with van der Waals surface area (Å²) in [6.07, 6.45) is 15.3. The lowest BCUT2D eigenvalue weighted by molar-refractivity contribution is 0.797. The number of aliphatic imine (C=N–C) groups is 1. The van der Waals surface area contributed by atoms with Crippen LogP contribution in [0, 0.1) is 0 Å². The minimum absolute atomic E-state index is 0.213. The molecule has 26 heavy (non-hydrogen) atoms. The number of anilines is 1. The summed E-state index contributed by atoms with van der Waals surface area (Å²) in [6.45, 7) is 0. The van der Waals surface area contributed by atoms with E-state index in [1.807, 2.05) is 0 Å². The molecule has 2 aromatic rings. The van der Waals surface area contributed by atoms with Crippen molar-refractivity contribution in [2.45, 2.75) is 23.7 Å². The average molecular weight is 403 g/mol. The molecule has 2 aromatic carbocycles. The molecule has 2 unspecified atom stereocenters. The lowest BCUT2D eigenvalue weighted by atomic mass is 10.0. The monoisotopic (exact) mass is 402 g/mol. The van der Waals surface area contributed by atoms with Crippen LogP contribution in [0.4, 0.5) is 5.69 Å². The fourth-order valence-electron chi connectivity index (χ4n) is 3.90. The average Bonchev–Trinajstić information content (AvgIpc) is 3.07. The van der Waals surface area contributed by atoms with Crippen molar-refractivity contribution in [1.82, 2.24) is 0 Å². The molecule has 0 fully saturated rings. The van der Waals surface area contributed by atoms with Crippen LogP contribution in [0.25, 0.3) is 10.8 Å². The SMILES string of the molecule is BrC1C=CC(C2=NC3CC=CC=C3N2c2cccc3ccccc23)=CC1. The minimum Gasteiger partial charge on any atom is -0.296 e. The molecule has 3 aliphatic rings. The molecule has 2 aliphatic carbocycles. The van der Waals surface area contributed by atoms with Crippen LogP contribution in [-0.4, -0.2) is 16.7 Å². The smallest absolute Gasteiger partial charge is 0.140 e. The quantitative estimate of drug-likeness (QED) is 0.569. The van der Waals surface area contributed by atoms with E-state index in [1.165, 1.54) is 27.7 Å². The molecule has 1 aliphatic heterocycles. The van der Waals surface area contributed by atoms with E-state index in [0.717, 1.165) is 18.7 Å². The molecule has 0 aromatic heterocycles. The summed E-state index contributed by atoms with van der Waals surface area (Å²) in [6, 6.07) is 15.3. The fraction of sp³-hybridized carbons (Fsp3) is 0.174. The van der Waals surface area contributed by atoms with Crippen LogP contribution in [0.3, 0.4) is 0 Å². The highest BCUT2D eigenvalue weighted by molar-refractivity contribution is 9.09. The van der Waals surface area contributed by atoms with Gasteiger partial charge in [-0.15, -0.1) is 0 Å². The van der Waals surface area contributed by atoms with Crippen molar-refractivity contribution in [2.75, 3.05) is 4.90 Å². The van der Waals surface area contributed by atoms with Gasteiger partial charge in [0.1, 0.15) is 5.84 Å². The van der Waals surface area contributed by atoms with E-state index < -0.39 is 0 Å². The largest absolute Gasteiger partial charge is 0.296 e. The summed E-state index contributed by atoms with van der Waals surface area (Å²) in [4.78, 5) is 7.89. The number of halogens is 1. The first-order valence-electron chi connectivity index (χ1n) is 9.06. The van der Waals surface area contributed by atoms with E-state index in [1.54, 1.807) is 0 Å². The molecule has 1 heterocycles. The summed E-state index contributed by atoms with van der Waals surface area (Å²) in [5.74, 6) is 1.07. The Morgan fingerprint density at radius 3 is 2.81 bits per heavy atom. The van der Waals surface area contributed by atoms with Crippen molar-refractivity contribution in [2.24, 2.45) is 4.99 Å². The standard InChI is InChI=1S/C23H19BrN2/c24-18-14-12-17(13-15-18)23-25-20-9-3-4-10-22(20)26(23)21-11-5-7-16-6-1-2-8-19(16)21/h1-8,10-14,18,20H,9,15H2. The maximum absolute atomic E-state index is 5.11. The van der Waals surface area contributed by atoms with Gasteiger partial charge in [0.15, 0.2) is 0 Å². The maximum Gasteiger partial charge on any atom is 0.140 e. The third kappa shape index (κ3) is 2.58. The Bertz CT molecular complexity index is 1020. The van der Waals surface area contributed by atoms with Crippen LogP contribution >= 0.6 is 15.9 Å². The van der Waals surface area contributed by atoms with Crippen LogP contribution < -0.4 is 4.90 Å². The Morgan fingerprint density at radius 1 is 1.04 bits per heavy atom. The molecule has 0 N–H and O–H groups in total. The molecule has 3 heteroatoms. The number of nitrogens with zero attached hydrogens (tertiary/aromatic N) is 2. The first-order valence-corrected chi connectivity index (χ1v) is 9.98. The Balaban J connectivity index is 1.68. The topological polar surface area (TPSA) is 15.6 Å². The van der Waals surface area contributed by atoms with E-state index in [-0.39, 0.29) is 6.04 Å². The second kappa shape index (κ2) is 6.40. The number of rotatable bonds is 2. The highest BCUT2D eigenvalue weighted by Crippen LogP contribution is 2.38. The fourth-order valence-corrected chi connectivity index (χ4v) is 4.24. The number of allylic oxidation sites excluding steroid dienone is 4. The zero-order valence-electron chi connectivity index (χ0n) is 14.3. The van der Waals surface area contributed by atoms with Crippen LogP contribution in [-0.2, 0) is 0 Å². The number of benzene rings is 2. The van der Waals surface area contributed by atoms with Crippen LogP contribution in [0.15, 0.2) is 95.2 Å². The zero-order valence-corrected chi connectivity index (χ0v) is 15.9. The highest BCUT2D eigenvalue weighted by Gasteiger charge is 2.34. The van der Waals surface area contributed by atoms with Crippen LogP contribution in [0.1, 0.15) is 12.8 Å². The van der Waals surface area contributed by atoms with Gasteiger partial charge in [0.25, 0.3) is 0 Å². The van der Waals surface area contributed by atoms with Gasteiger partial charge < -0.3 is 0 Å². The second-order valence-electron chi connectivity index (χ2n) is 6.83. The molecule has 0 radical (unpaired) electrons. The summed E-state index contributed by atoms with van der Waals surface area (Å²) >= 11 is 3.67. The third-order valence-corrected chi connectivity index (χ3v) is 5.84. The first kappa shape index (κ1) is 15.8. The zero-order chi connectivity index (χ0) is 17.5. The molecule has 0 saturated carbocycles. The van der Waals surface area contributed by atoms with Gasteiger partial charge in [-0.2, -0.15) is 0 Å². The number of fused-ring (bicyclic) bond motifs is 2.